The summed E-state index contributed by atoms with van der Waals surface area (Å²) in [6, 6.07) is -0.0236. The molecule has 72 valence electrons. The summed E-state index contributed by atoms with van der Waals surface area (Å²) >= 11 is 0. The fraction of sp³-hybridized carbons (Fsp3) is 0.700. The van der Waals surface area contributed by atoms with Crippen LogP contribution in [-0.2, 0) is 0 Å². The van der Waals surface area contributed by atoms with Gasteiger partial charge in [0.15, 0.2) is 0 Å². The van der Waals surface area contributed by atoms with Gasteiger partial charge in [0.2, 0.25) is 0 Å². The Bertz CT molecular complexity index is 219. The Labute approximate surface area is 79.5 Å². The standard InChI is InChI=1S/C10H16N2O/c1-3-6-11-10(13)12-7-4-5-9(2)8-12/h1,9H,4-8H2,2H3,(H,11,13). The molecule has 0 spiro atoms. The number of amides is 2. The Hall–Kier alpha value is -1.17. The van der Waals surface area contributed by atoms with Crippen LogP contribution in [-0.4, -0.2) is 30.6 Å². The van der Waals surface area contributed by atoms with Crippen molar-refractivity contribution >= 4 is 6.03 Å². The molecule has 3 heteroatoms. The van der Waals surface area contributed by atoms with Crippen LogP contribution in [0.4, 0.5) is 4.79 Å². The zero-order chi connectivity index (χ0) is 9.68. The summed E-state index contributed by atoms with van der Waals surface area (Å²) in [6.45, 7) is 4.21. The molecule has 1 heterocycles. The lowest BCUT2D eigenvalue weighted by Crippen LogP contribution is -2.45. The molecule has 1 atom stereocenters. The molecule has 0 aromatic rings. The summed E-state index contributed by atoms with van der Waals surface area (Å²) < 4.78 is 0. The van der Waals surface area contributed by atoms with Gasteiger partial charge in [-0.05, 0) is 18.8 Å². The predicted molar refractivity (Wildman–Crippen MR) is 52.2 cm³/mol. The topological polar surface area (TPSA) is 32.3 Å². The second-order valence-corrected chi connectivity index (χ2v) is 3.56. The Balaban J connectivity index is 2.33. The van der Waals surface area contributed by atoms with Crippen LogP contribution in [0.3, 0.4) is 0 Å². The monoisotopic (exact) mass is 180 g/mol. The number of likely N-dealkylation sites (tertiary alicyclic amines) is 1. The van der Waals surface area contributed by atoms with Gasteiger partial charge < -0.3 is 10.2 Å². The van der Waals surface area contributed by atoms with Crippen LogP contribution in [0.2, 0.25) is 0 Å². The molecule has 1 fully saturated rings. The van der Waals surface area contributed by atoms with E-state index in [1.165, 1.54) is 6.42 Å². The minimum Gasteiger partial charge on any atom is -0.327 e. The number of nitrogens with zero attached hydrogens (tertiary/aromatic N) is 1. The maximum Gasteiger partial charge on any atom is 0.318 e. The molecule has 1 unspecified atom stereocenters. The molecule has 2 amide bonds. The minimum absolute atomic E-state index is 0.0236. The molecule has 1 aliphatic heterocycles. The highest BCUT2D eigenvalue weighted by Gasteiger charge is 2.19. The highest BCUT2D eigenvalue weighted by Crippen LogP contribution is 2.14. The quantitative estimate of drug-likeness (QED) is 0.601. The maximum absolute atomic E-state index is 11.4. The van der Waals surface area contributed by atoms with Crippen molar-refractivity contribution in [3.05, 3.63) is 0 Å². The number of nitrogens with one attached hydrogen (secondary N) is 1. The molecular formula is C10H16N2O. The van der Waals surface area contributed by atoms with Crippen LogP contribution in [0.15, 0.2) is 0 Å². The fourth-order valence-corrected chi connectivity index (χ4v) is 1.61. The summed E-state index contributed by atoms with van der Waals surface area (Å²) in [4.78, 5) is 13.3. The first-order valence-electron chi connectivity index (χ1n) is 4.70. The highest BCUT2D eigenvalue weighted by atomic mass is 16.2. The molecule has 1 aliphatic rings. The average molecular weight is 180 g/mol. The third-order valence-electron chi connectivity index (χ3n) is 2.29. The molecule has 13 heavy (non-hydrogen) atoms. The van der Waals surface area contributed by atoms with E-state index in [1.807, 2.05) is 4.90 Å². The van der Waals surface area contributed by atoms with E-state index in [4.69, 9.17) is 6.42 Å². The van der Waals surface area contributed by atoms with Gasteiger partial charge in [0.05, 0.1) is 6.54 Å². The molecular weight excluding hydrogens is 164 g/mol. The van der Waals surface area contributed by atoms with Gasteiger partial charge >= 0.3 is 6.03 Å². The van der Waals surface area contributed by atoms with Crippen molar-refractivity contribution in [1.82, 2.24) is 10.2 Å². The van der Waals surface area contributed by atoms with Crippen LogP contribution in [0, 0.1) is 18.3 Å². The molecule has 0 aromatic carbocycles. The predicted octanol–water partition coefficient (Wildman–Crippen LogP) is 1.06. The Morgan fingerprint density at radius 3 is 3.15 bits per heavy atom. The lowest BCUT2D eigenvalue weighted by molar-refractivity contribution is 0.171. The first-order valence-corrected chi connectivity index (χ1v) is 4.70. The fourth-order valence-electron chi connectivity index (χ4n) is 1.61. The number of carbonyl (C=O) groups is 1. The van der Waals surface area contributed by atoms with Crippen LogP contribution < -0.4 is 5.32 Å². The van der Waals surface area contributed by atoms with Crippen LogP contribution >= 0.6 is 0 Å². The van der Waals surface area contributed by atoms with Gasteiger partial charge in [-0.2, -0.15) is 0 Å². The lowest BCUT2D eigenvalue weighted by atomic mass is 10.0. The van der Waals surface area contributed by atoms with E-state index in [0.29, 0.717) is 12.5 Å². The van der Waals surface area contributed by atoms with Crippen molar-refractivity contribution in [3.63, 3.8) is 0 Å². The molecule has 0 radical (unpaired) electrons. The molecule has 0 aromatic heterocycles. The van der Waals surface area contributed by atoms with E-state index in [9.17, 15) is 4.79 Å². The number of piperidine rings is 1. The molecule has 1 rings (SSSR count). The van der Waals surface area contributed by atoms with Gasteiger partial charge in [0.1, 0.15) is 0 Å². The van der Waals surface area contributed by atoms with E-state index in [2.05, 4.69) is 18.2 Å². The summed E-state index contributed by atoms with van der Waals surface area (Å²) in [5.41, 5.74) is 0. The SMILES string of the molecule is C#CCNC(=O)N1CCCC(C)C1. The molecule has 0 bridgehead atoms. The lowest BCUT2D eigenvalue weighted by Gasteiger charge is -2.30. The van der Waals surface area contributed by atoms with Gasteiger partial charge in [-0.25, -0.2) is 4.79 Å². The van der Waals surface area contributed by atoms with Gasteiger partial charge in [-0.3, -0.25) is 0 Å². The molecule has 0 aliphatic carbocycles. The molecule has 1 saturated heterocycles. The van der Waals surface area contributed by atoms with E-state index in [0.717, 1.165) is 19.5 Å². The summed E-state index contributed by atoms with van der Waals surface area (Å²) in [6.07, 6.45) is 7.37. The number of carbonyl (C=O) groups excluding carboxylic acids is 1. The van der Waals surface area contributed by atoms with Gasteiger partial charge in [-0.15, -0.1) is 6.42 Å². The Morgan fingerprint density at radius 1 is 1.77 bits per heavy atom. The number of rotatable bonds is 1. The highest BCUT2D eigenvalue weighted by molar-refractivity contribution is 5.74. The van der Waals surface area contributed by atoms with E-state index < -0.39 is 0 Å². The van der Waals surface area contributed by atoms with Crippen molar-refractivity contribution in [1.29, 1.82) is 0 Å². The molecule has 0 saturated carbocycles. The molecule has 1 N–H and O–H groups in total. The van der Waals surface area contributed by atoms with Gasteiger partial charge in [0, 0.05) is 13.1 Å². The number of hydrogen-bond donors (Lipinski definition) is 1. The zero-order valence-electron chi connectivity index (χ0n) is 8.05. The number of urea groups is 1. The van der Waals surface area contributed by atoms with Gasteiger partial charge in [0.25, 0.3) is 0 Å². The van der Waals surface area contributed by atoms with E-state index in [-0.39, 0.29) is 6.03 Å². The smallest absolute Gasteiger partial charge is 0.318 e. The number of hydrogen-bond acceptors (Lipinski definition) is 1. The summed E-state index contributed by atoms with van der Waals surface area (Å²) in [7, 11) is 0. The van der Waals surface area contributed by atoms with Crippen molar-refractivity contribution in [2.75, 3.05) is 19.6 Å². The third kappa shape index (κ3) is 2.98. The second-order valence-electron chi connectivity index (χ2n) is 3.56. The normalized spacial score (nSPS) is 22.2. The van der Waals surface area contributed by atoms with E-state index in [1.54, 1.807) is 0 Å². The van der Waals surface area contributed by atoms with Gasteiger partial charge in [-0.1, -0.05) is 12.8 Å². The summed E-state index contributed by atoms with van der Waals surface area (Å²) in [5, 5.41) is 2.67. The largest absolute Gasteiger partial charge is 0.327 e. The average Bonchev–Trinajstić information content (AvgIpc) is 2.14. The second kappa shape index (κ2) is 4.76. The van der Waals surface area contributed by atoms with Crippen LogP contribution in [0.5, 0.6) is 0 Å². The van der Waals surface area contributed by atoms with Crippen LogP contribution in [0.25, 0.3) is 0 Å². The third-order valence-corrected chi connectivity index (χ3v) is 2.29. The van der Waals surface area contributed by atoms with Crippen molar-refractivity contribution in [2.45, 2.75) is 19.8 Å². The van der Waals surface area contributed by atoms with Crippen molar-refractivity contribution < 1.29 is 4.79 Å². The zero-order valence-corrected chi connectivity index (χ0v) is 8.05. The first kappa shape index (κ1) is 9.91. The number of terminal acetylenes is 1. The van der Waals surface area contributed by atoms with Crippen LogP contribution in [0.1, 0.15) is 19.8 Å². The first-order chi connectivity index (χ1) is 6.24. The summed E-state index contributed by atoms with van der Waals surface area (Å²) in [5.74, 6) is 3.01. The minimum atomic E-state index is -0.0236. The van der Waals surface area contributed by atoms with E-state index >= 15 is 0 Å². The molecule has 3 nitrogen and oxygen atoms in total. The Kier molecular flexibility index (Phi) is 3.63. The van der Waals surface area contributed by atoms with Crippen molar-refractivity contribution in [3.8, 4) is 12.3 Å². The Morgan fingerprint density at radius 2 is 2.54 bits per heavy atom. The maximum atomic E-state index is 11.4. The van der Waals surface area contributed by atoms with Crippen molar-refractivity contribution in [2.24, 2.45) is 5.92 Å².